The van der Waals surface area contributed by atoms with Crippen LogP contribution in [0.5, 0.6) is 0 Å². The number of nitrogens with one attached hydrogen (secondary N) is 1. The second-order valence-electron chi connectivity index (χ2n) is 4.09. The molecule has 3 heterocycles. The number of thiophene rings is 1. The lowest BCUT2D eigenvalue weighted by atomic mass is 10.2. The first-order chi connectivity index (χ1) is 10.2. The summed E-state index contributed by atoms with van der Waals surface area (Å²) in [6, 6.07) is 7.38. The fourth-order valence-corrected chi connectivity index (χ4v) is 2.70. The first-order valence-electron chi connectivity index (χ1n) is 5.93. The number of nitrogens with zero attached hydrogens (tertiary/aromatic N) is 5. The third-order valence-electron chi connectivity index (χ3n) is 2.59. The number of amides is 1. The minimum atomic E-state index is -0.248. The molecule has 3 rings (SSSR count). The maximum absolute atomic E-state index is 11.8. The van der Waals surface area contributed by atoms with Crippen molar-refractivity contribution in [1.82, 2.24) is 25.2 Å². The highest BCUT2D eigenvalue weighted by molar-refractivity contribution is 7.19. The number of aromatic nitrogens is 5. The summed E-state index contributed by atoms with van der Waals surface area (Å²) in [7, 11) is 0. The largest absolute Gasteiger partial charge is 0.309 e. The highest BCUT2D eigenvalue weighted by atomic mass is 35.5. The summed E-state index contributed by atoms with van der Waals surface area (Å²) in [5, 5.41) is 13.2. The van der Waals surface area contributed by atoms with Crippen LogP contribution in [-0.4, -0.2) is 31.1 Å². The molecule has 0 radical (unpaired) electrons. The number of pyridine rings is 1. The molecule has 0 bridgehead atoms. The molecule has 0 aromatic carbocycles. The van der Waals surface area contributed by atoms with Crippen LogP contribution < -0.4 is 5.32 Å². The minimum Gasteiger partial charge on any atom is -0.309 e. The van der Waals surface area contributed by atoms with Crippen molar-refractivity contribution in [2.24, 2.45) is 0 Å². The van der Waals surface area contributed by atoms with Gasteiger partial charge in [-0.05, 0) is 34.7 Å². The summed E-state index contributed by atoms with van der Waals surface area (Å²) >= 11 is 7.38. The normalized spacial score (nSPS) is 10.5. The van der Waals surface area contributed by atoms with Gasteiger partial charge in [-0.25, -0.2) is 9.67 Å². The van der Waals surface area contributed by atoms with Crippen LogP contribution in [0.2, 0.25) is 4.34 Å². The van der Waals surface area contributed by atoms with E-state index in [1.807, 2.05) is 18.2 Å². The van der Waals surface area contributed by atoms with Crippen molar-refractivity contribution in [3.05, 3.63) is 41.1 Å². The molecular weight excluding hydrogens is 312 g/mol. The predicted octanol–water partition coefficient (Wildman–Crippen LogP) is 2.09. The molecule has 0 aliphatic rings. The van der Waals surface area contributed by atoms with E-state index >= 15 is 0 Å². The van der Waals surface area contributed by atoms with Crippen molar-refractivity contribution < 1.29 is 4.79 Å². The lowest BCUT2D eigenvalue weighted by Gasteiger charge is -2.04. The number of tetrazole rings is 1. The molecule has 0 fully saturated rings. The van der Waals surface area contributed by atoms with E-state index in [0.717, 1.165) is 14.8 Å². The van der Waals surface area contributed by atoms with E-state index < -0.39 is 0 Å². The van der Waals surface area contributed by atoms with Gasteiger partial charge in [0.05, 0.1) is 4.34 Å². The molecule has 106 valence electrons. The summed E-state index contributed by atoms with van der Waals surface area (Å²) in [6.07, 6.45) is 3.06. The number of halogens is 1. The first kappa shape index (κ1) is 13.7. The molecule has 0 aliphatic heterocycles. The predicted molar refractivity (Wildman–Crippen MR) is 79.0 cm³/mol. The van der Waals surface area contributed by atoms with Crippen molar-refractivity contribution >= 4 is 34.7 Å². The molecule has 0 saturated carbocycles. The highest BCUT2D eigenvalue weighted by Crippen LogP contribution is 2.30. The van der Waals surface area contributed by atoms with Crippen LogP contribution in [0.15, 0.2) is 36.8 Å². The van der Waals surface area contributed by atoms with Gasteiger partial charge in [-0.2, -0.15) is 0 Å². The smallest absolute Gasteiger partial charge is 0.247 e. The van der Waals surface area contributed by atoms with Gasteiger partial charge < -0.3 is 5.32 Å². The van der Waals surface area contributed by atoms with Gasteiger partial charge in [-0.3, -0.25) is 4.79 Å². The summed E-state index contributed by atoms with van der Waals surface area (Å²) in [5.74, 6) is 0.223. The van der Waals surface area contributed by atoms with Crippen molar-refractivity contribution in [1.29, 1.82) is 0 Å². The zero-order valence-electron chi connectivity index (χ0n) is 10.6. The number of anilines is 1. The Morgan fingerprint density at radius 1 is 1.33 bits per heavy atom. The van der Waals surface area contributed by atoms with Crippen LogP contribution >= 0.6 is 22.9 Å². The number of carbonyl (C=O) groups is 1. The topological polar surface area (TPSA) is 85.6 Å². The minimum absolute atomic E-state index is 0.0387. The van der Waals surface area contributed by atoms with Crippen molar-refractivity contribution in [2.45, 2.75) is 6.54 Å². The monoisotopic (exact) mass is 320 g/mol. The molecular formula is C12H9ClN6OS. The van der Waals surface area contributed by atoms with E-state index in [0.29, 0.717) is 5.82 Å². The number of hydrogen-bond acceptors (Lipinski definition) is 6. The van der Waals surface area contributed by atoms with Gasteiger partial charge in [0.1, 0.15) is 18.7 Å². The van der Waals surface area contributed by atoms with Gasteiger partial charge in [0.15, 0.2) is 0 Å². The van der Waals surface area contributed by atoms with E-state index in [-0.39, 0.29) is 12.5 Å². The van der Waals surface area contributed by atoms with E-state index in [1.165, 1.54) is 22.3 Å². The van der Waals surface area contributed by atoms with Gasteiger partial charge in [-0.15, -0.1) is 16.4 Å². The Morgan fingerprint density at radius 3 is 2.86 bits per heavy atom. The van der Waals surface area contributed by atoms with Crippen molar-refractivity contribution in [3.8, 4) is 10.4 Å². The van der Waals surface area contributed by atoms with Gasteiger partial charge in [-0.1, -0.05) is 11.6 Å². The molecule has 0 aliphatic carbocycles. The van der Waals surface area contributed by atoms with E-state index in [4.69, 9.17) is 11.6 Å². The highest BCUT2D eigenvalue weighted by Gasteiger charge is 2.07. The maximum Gasteiger partial charge on any atom is 0.247 e. The van der Waals surface area contributed by atoms with Crippen LogP contribution in [-0.2, 0) is 11.3 Å². The second kappa shape index (κ2) is 5.98. The first-order valence-corrected chi connectivity index (χ1v) is 7.12. The SMILES string of the molecule is O=C(Cn1cnnn1)Nc1ccc(-c2ccc(Cl)s2)cn1. The lowest BCUT2D eigenvalue weighted by molar-refractivity contribution is -0.116. The van der Waals surface area contributed by atoms with Crippen LogP contribution in [0.4, 0.5) is 5.82 Å². The van der Waals surface area contributed by atoms with Gasteiger partial charge in [0, 0.05) is 16.6 Å². The summed E-state index contributed by atoms with van der Waals surface area (Å²) < 4.78 is 2.06. The summed E-state index contributed by atoms with van der Waals surface area (Å²) in [6.45, 7) is 0.0387. The van der Waals surface area contributed by atoms with E-state index in [2.05, 4.69) is 25.8 Å². The molecule has 1 N–H and O–H groups in total. The quantitative estimate of drug-likeness (QED) is 0.795. The zero-order chi connectivity index (χ0) is 14.7. The third kappa shape index (κ3) is 3.41. The van der Waals surface area contributed by atoms with Crippen LogP contribution in [0.25, 0.3) is 10.4 Å². The van der Waals surface area contributed by atoms with Crippen molar-refractivity contribution in [3.63, 3.8) is 0 Å². The van der Waals surface area contributed by atoms with Gasteiger partial charge in [0.2, 0.25) is 5.91 Å². The molecule has 0 spiro atoms. The van der Waals surface area contributed by atoms with Gasteiger partial charge >= 0.3 is 0 Å². The second-order valence-corrected chi connectivity index (χ2v) is 5.81. The Hall–Kier alpha value is -2.32. The van der Waals surface area contributed by atoms with E-state index in [1.54, 1.807) is 12.3 Å². The maximum atomic E-state index is 11.8. The molecule has 21 heavy (non-hydrogen) atoms. The molecule has 7 nitrogen and oxygen atoms in total. The van der Waals surface area contributed by atoms with Crippen LogP contribution in [0, 0.1) is 0 Å². The molecule has 9 heteroatoms. The molecule has 1 amide bonds. The molecule has 0 saturated heterocycles. The Labute approximate surface area is 128 Å². The molecule has 0 unspecified atom stereocenters. The zero-order valence-corrected chi connectivity index (χ0v) is 12.2. The molecule has 0 atom stereocenters. The van der Waals surface area contributed by atoms with E-state index in [9.17, 15) is 4.79 Å². The average Bonchev–Trinajstić information content (AvgIpc) is 3.11. The van der Waals surface area contributed by atoms with Crippen LogP contribution in [0.3, 0.4) is 0 Å². The molecule has 3 aromatic heterocycles. The summed E-state index contributed by atoms with van der Waals surface area (Å²) in [4.78, 5) is 17.0. The Kier molecular flexibility index (Phi) is 3.89. The number of hydrogen-bond donors (Lipinski definition) is 1. The fraction of sp³-hybridized carbons (Fsp3) is 0.0833. The standard InChI is InChI=1S/C12H9ClN6OS/c13-10-3-2-9(21-10)8-1-4-11(14-5-8)16-12(20)6-19-7-15-17-18-19/h1-5,7H,6H2,(H,14,16,20). The number of rotatable bonds is 4. The number of carbonyl (C=O) groups excluding carboxylic acids is 1. The van der Waals surface area contributed by atoms with Crippen molar-refractivity contribution in [2.75, 3.05) is 5.32 Å². The van der Waals surface area contributed by atoms with Gasteiger partial charge in [0.25, 0.3) is 0 Å². The Balaban J connectivity index is 1.65. The third-order valence-corrected chi connectivity index (χ3v) is 3.87. The summed E-state index contributed by atoms with van der Waals surface area (Å²) in [5.41, 5.74) is 0.949. The van der Waals surface area contributed by atoms with Crippen LogP contribution in [0.1, 0.15) is 0 Å². The Morgan fingerprint density at radius 2 is 2.24 bits per heavy atom. The average molecular weight is 321 g/mol. The Bertz CT molecular complexity index is 739. The lowest BCUT2D eigenvalue weighted by Crippen LogP contribution is -2.19. The molecule has 3 aromatic rings. The fourth-order valence-electron chi connectivity index (χ4n) is 1.67.